The van der Waals surface area contributed by atoms with E-state index in [1.807, 2.05) is 25.1 Å². The molecule has 0 spiro atoms. The van der Waals surface area contributed by atoms with Crippen molar-refractivity contribution >= 4 is 23.6 Å². The summed E-state index contributed by atoms with van der Waals surface area (Å²) in [4.78, 5) is 10.3. The fraction of sp³-hybridized carbons (Fsp3) is 0.0909. The summed E-state index contributed by atoms with van der Waals surface area (Å²) in [6.07, 6.45) is 7.05. The van der Waals surface area contributed by atoms with Crippen molar-refractivity contribution in [3.8, 4) is 0 Å². The van der Waals surface area contributed by atoms with E-state index in [0.29, 0.717) is 5.82 Å². The van der Waals surface area contributed by atoms with Crippen LogP contribution < -0.4 is 4.84 Å². The average Bonchev–Trinajstić information content (AvgIpc) is 2.29. The van der Waals surface area contributed by atoms with Crippen LogP contribution in [0.2, 0.25) is 0 Å². The summed E-state index contributed by atoms with van der Waals surface area (Å²) in [6.45, 7) is 5.55. The molecule has 4 heteroatoms. The number of allylic oxidation sites excluding steroid dienone is 2. The smallest absolute Gasteiger partial charge is 0.133 e. The lowest BCUT2D eigenvalue weighted by Crippen LogP contribution is -1.92. The first-order valence-electron chi connectivity index (χ1n) is 4.41. The molecule has 1 rings (SSSR count). The fourth-order valence-corrected chi connectivity index (χ4v) is 1.00. The van der Waals surface area contributed by atoms with Crippen molar-refractivity contribution in [2.24, 2.45) is 4.99 Å². The number of hydrogen-bond donors (Lipinski definition) is 1. The normalized spacial score (nSPS) is 11.7. The maximum Gasteiger partial charge on any atom is 0.133 e. The molecule has 0 fully saturated rings. The molecule has 1 N–H and O–H groups in total. The van der Waals surface area contributed by atoms with Gasteiger partial charge in [0, 0.05) is 30.4 Å². The first kappa shape index (κ1) is 11.5. The van der Waals surface area contributed by atoms with Gasteiger partial charge in [-0.15, -0.1) is 0 Å². The van der Waals surface area contributed by atoms with Crippen LogP contribution in [0, 0.1) is 0 Å². The SMILES string of the molecule is C=C(/N=C\C=C(/C)c1cccnc1)NCl. The summed E-state index contributed by atoms with van der Waals surface area (Å²) in [6, 6.07) is 3.88. The first-order valence-corrected chi connectivity index (χ1v) is 4.78. The van der Waals surface area contributed by atoms with Crippen LogP contribution in [-0.2, 0) is 0 Å². The van der Waals surface area contributed by atoms with Crippen LogP contribution >= 0.6 is 11.8 Å². The molecule has 0 atom stereocenters. The Morgan fingerprint density at radius 2 is 2.47 bits per heavy atom. The summed E-state index contributed by atoms with van der Waals surface area (Å²) in [5.74, 6) is 0.409. The van der Waals surface area contributed by atoms with Crippen molar-refractivity contribution in [2.75, 3.05) is 0 Å². The number of nitrogens with zero attached hydrogens (tertiary/aromatic N) is 2. The highest BCUT2D eigenvalue weighted by atomic mass is 35.5. The number of pyridine rings is 1. The van der Waals surface area contributed by atoms with Crippen molar-refractivity contribution in [1.82, 2.24) is 9.82 Å². The minimum atomic E-state index is 0.409. The Kier molecular flexibility index (Phi) is 4.57. The summed E-state index contributed by atoms with van der Waals surface area (Å²) in [5.41, 5.74) is 2.14. The zero-order chi connectivity index (χ0) is 11.1. The Morgan fingerprint density at radius 1 is 1.67 bits per heavy atom. The molecule has 0 saturated carbocycles. The molecule has 0 unspecified atom stereocenters. The highest BCUT2D eigenvalue weighted by Crippen LogP contribution is 2.10. The molecule has 15 heavy (non-hydrogen) atoms. The van der Waals surface area contributed by atoms with Crippen molar-refractivity contribution in [3.05, 3.63) is 48.6 Å². The van der Waals surface area contributed by atoms with E-state index in [9.17, 15) is 0 Å². The van der Waals surface area contributed by atoms with E-state index in [-0.39, 0.29) is 0 Å². The second-order valence-electron chi connectivity index (χ2n) is 2.91. The van der Waals surface area contributed by atoms with Gasteiger partial charge in [-0.1, -0.05) is 12.6 Å². The minimum absolute atomic E-state index is 0.409. The van der Waals surface area contributed by atoms with Crippen LogP contribution in [0.25, 0.3) is 5.57 Å². The number of nitrogens with one attached hydrogen (secondary N) is 1. The zero-order valence-electron chi connectivity index (χ0n) is 8.44. The molecule has 1 aromatic heterocycles. The highest BCUT2D eigenvalue weighted by molar-refractivity contribution is 6.14. The summed E-state index contributed by atoms with van der Waals surface area (Å²) < 4.78 is 0. The van der Waals surface area contributed by atoms with Gasteiger partial charge in [0.2, 0.25) is 0 Å². The third-order valence-corrected chi connectivity index (χ3v) is 2.00. The molecule has 1 aromatic rings. The Hall–Kier alpha value is -1.61. The molecular weight excluding hydrogens is 210 g/mol. The zero-order valence-corrected chi connectivity index (χ0v) is 9.20. The van der Waals surface area contributed by atoms with E-state index in [0.717, 1.165) is 11.1 Å². The molecule has 0 bridgehead atoms. The Balaban J connectivity index is 2.69. The van der Waals surface area contributed by atoms with Crippen LogP contribution in [0.5, 0.6) is 0 Å². The maximum absolute atomic E-state index is 5.29. The lowest BCUT2D eigenvalue weighted by Gasteiger charge is -1.97. The largest absolute Gasteiger partial charge is 0.283 e. The lowest BCUT2D eigenvalue weighted by atomic mass is 10.1. The number of halogens is 1. The molecule has 0 aliphatic rings. The second kappa shape index (κ2) is 5.98. The fourth-order valence-electron chi connectivity index (χ4n) is 0.956. The predicted octanol–water partition coefficient (Wildman–Crippen LogP) is 2.77. The molecule has 0 aliphatic carbocycles. The average molecular weight is 222 g/mol. The van der Waals surface area contributed by atoms with Crippen LogP contribution in [0.4, 0.5) is 0 Å². The standard InChI is InChI=1S/C11H12ClN3/c1-9(5-7-14-10(2)15-12)11-4-3-6-13-8-11/h3-8,15H,2H2,1H3/b9-5+,14-7-. The van der Waals surface area contributed by atoms with E-state index >= 15 is 0 Å². The molecule has 78 valence electrons. The number of hydrogen-bond acceptors (Lipinski definition) is 3. The Morgan fingerprint density at radius 3 is 3.07 bits per heavy atom. The van der Waals surface area contributed by atoms with Gasteiger partial charge in [0.25, 0.3) is 0 Å². The lowest BCUT2D eigenvalue weighted by molar-refractivity contribution is 1.16. The molecule has 0 amide bonds. The number of aliphatic imine (C=N–C) groups is 1. The molecule has 0 aromatic carbocycles. The van der Waals surface area contributed by atoms with Crippen molar-refractivity contribution in [1.29, 1.82) is 0 Å². The van der Waals surface area contributed by atoms with Crippen LogP contribution in [-0.4, -0.2) is 11.2 Å². The van der Waals surface area contributed by atoms with Crippen molar-refractivity contribution < 1.29 is 0 Å². The van der Waals surface area contributed by atoms with Crippen LogP contribution in [0.3, 0.4) is 0 Å². The number of rotatable bonds is 4. The van der Waals surface area contributed by atoms with Gasteiger partial charge >= 0.3 is 0 Å². The van der Waals surface area contributed by atoms with Crippen LogP contribution in [0.15, 0.2) is 48.0 Å². The quantitative estimate of drug-likeness (QED) is 0.627. The van der Waals surface area contributed by atoms with Crippen molar-refractivity contribution in [3.63, 3.8) is 0 Å². The van der Waals surface area contributed by atoms with Gasteiger partial charge in [-0.3, -0.25) is 9.82 Å². The monoisotopic (exact) mass is 221 g/mol. The molecule has 0 saturated heterocycles. The van der Waals surface area contributed by atoms with Gasteiger partial charge in [-0.2, -0.15) is 0 Å². The van der Waals surface area contributed by atoms with E-state index in [1.165, 1.54) is 0 Å². The Bertz CT molecular complexity index is 382. The van der Waals surface area contributed by atoms with E-state index in [1.54, 1.807) is 18.6 Å². The van der Waals surface area contributed by atoms with Crippen LogP contribution in [0.1, 0.15) is 12.5 Å². The molecule has 0 aliphatic heterocycles. The maximum atomic E-state index is 5.29. The van der Waals surface area contributed by atoms with Crippen molar-refractivity contribution in [2.45, 2.75) is 6.92 Å². The topological polar surface area (TPSA) is 37.3 Å². The Labute approximate surface area is 94.3 Å². The highest BCUT2D eigenvalue weighted by Gasteiger charge is 1.91. The molecule has 3 nitrogen and oxygen atoms in total. The first-order chi connectivity index (χ1) is 7.24. The van der Waals surface area contributed by atoms with E-state index < -0.39 is 0 Å². The molecule has 1 heterocycles. The van der Waals surface area contributed by atoms with Gasteiger partial charge in [0.15, 0.2) is 0 Å². The molecular formula is C11H12ClN3. The summed E-state index contributed by atoms with van der Waals surface area (Å²) in [7, 11) is 0. The third kappa shape index (κ3) is 3.95. The van der Waals surface area contributed by atoms with Gasteiger partial charge in [0.05, 0.1) is 0 Å². The van der Waals surface area contributed by atoms with E-state index in [4.69, 9.17) is 11.8 Å². The molecule has 0 radical (unpaired) electrons. The number of aromatic nitrogens is 1. The minimum Gasteiger partial charge on any atom is -0.283 e. The second-order valence-corrected chi connectivity index (χ2v) is 3.10. The van der Waals surface area contributed by atoms with Gasteiger partial charge in [0.1, 0.15) is 5.82 Å². The predicted molar refractivity (Wildman–Crippen MR) is 64.5 cm³/mol. The summed E-state index contributed by atoms with van der Waals surface area (Å²) >= 11 is 5.29. The summed E-state index contributed by atoms with van der Waals surface area (Å²) in [5, 5.41) is 0. The van der Waals surface area contributed by atoms with Gasteiger partial charge < -0.3 is 0 Å². The van der Waals surface area contributed by atoms with Gasteiger partial charge in [-0.05, 0) is 30.2 Å². The van der Waals surface area contributed by atoms with Gasteiger partial charge in [-0.25, -0.2) is 4.99 Å². The van der Waals surface area contributed by atoms with E-state index in [2.05, 4.69) is 21.4 Å². The third-order valence-electron chi connectivity index (χ3n) is 1.78.